The van der Waals surface area contributed by atoms with Gasteiger partial charge in [-0.3, -0.25) is 4.99 Å². The molecule has 26 heavy (non-hydrogen) atoms. The molecule has 1 aliphatic rings. The second-order valence-corrected chi connectivity index (χ2v) is 6.56. The van der Waals surface area contributed by atoms with E-state index in [0.717, 1.165) is 43.2 Å². The number of benzene rings is 1. The molecule has 6 heteroatoms. The number of nitrogens with zero attached hydrogens (tertiary/aromatic N) is 1. The fourth-order valence-electron chi connectivity index (χ4n) is 2.36. The number of anilines is 1. The summed E-state index contributed by atoms with van der Waals surface area (Å²) in [5.41, 5.74) is 0.903. The topological polar surface area (TPSA) is 64.1 Å². The second kappa shape index (κ2) is 11.4. The molecule has 1 aliphatic heterocycles. The van der Waals surface area contributed by atoms with Crippen LogP contribution in [0.1, 0.15) is 26.7 Å². The van der Waals surface area contributed by atoms with E-state index in [1.165, 1.54) is 0 Å². The standard InChI is InChI=1S/C20H31N3O3/c1-4-9-21-20(22-10-5-11-24-15-16(2)3)23-17-7-8-18-19(14-17)26-13-6-12-25-18/h4,7-8,14,16H,1,5-6,9-13,15H2,2-3H3,(H2,21,22,23). The Kier molecular flexibility index (Phi) is 8.83. The van der Waals surface area contributed by atoms with Crippen molar-refractivity contribution in [2.75, 3.05) is 44.8 Å². The number of guanidine groups is 1. The summed E-state index contributed by atoms with van der Waals surface area (Å²) in [5.74, 6) is 2.82. The van der Waals surface area contributed by atoms with Crippen molar-refractivity contribution in [2.24, 2.45) is 10.9 Å². The summed E-state index contributed by atoms with van der Waals surface area (Å²) in [6.45, 7) is 12.2. The van der Waals surface area contributed by atoms with Crippen molar-refractivity contribution in [1.29, 1.82) is 0 Å². The summed E-state index contributed by atoms with van der Waals surface area (Å²) < 4.78 is 17.0. The van der Waals surface area contributed by atoms with E-state index in [-0.39, 0.29) is 0 Å². The van der Waals surface area contributed by atoms with Crippen LogP contribution < -0.4 is 20.1 Å². The van der Waals surface area contributed by atoms with Gasteiger partial charge < -0.3 is 24.8 Å². The molecule has 0 atom stereocenters. The third-order valence-electron chi connectivity index (χ3n) is 3.59. The summed E-state index contributed by atoms with van der Waals surface area (Å²) >= 11 is 0. The minimum atomic E-state index is 0.560. The molecule has 0 radical (unpaired) electrons. The second-order valence-electron chi connectivity index (χ2n) is 6.56. The van der Waals surface area contributed by atoms with E-state index < -0.39 is 0 Å². The first-order valence-corrected chi connectivity index (χ1v) is 9.32. The highest BCUT2D eigenvalue weighted by atomic mass is 16.5. The zero-order chi connectivity index (χ0) is 18.6. The number of ether oxygens (including phenoxy) is 3. The monoisotopic (exact) mass is 361 g/mol. The van der Waals surface area contributed by atoms with Crippen LogP contribution in [0, 0.1) is 5.92 Å². The SMILES string of the molecule is C=CCNC(=NCCCOCC(C)C)Nc1ccc2c(c1)OCCCO2. The number of rotatable bonds is 9. The summed E-state index contributed by atoms with van der Waals surface area (Å²) in [6, 6.07) is 5.83. The molecule has 1 aromatic carbocycles. The smallest absolute Gasteiger partial charge is 0.196 e. The summed E-state index contributed by atoms with van der Waals surface area (Å²) in [5, 5.41) is 6.54. The van der Waals surface area contributed by atoms with Gasteiger partial charge in [0.1, 0.15) is 0 Å². The molecule has 0 spiro atoms. The van der Waals surface area contributed by atoms with Gasteiger partial charge in [0.2, 0.25) is 0 Å². The minimum absolute atomic E-state index is 0.560. The Morgan fingerprint density at radius 1 is 1.31 bits per heavy atom. The first-order valence-electron chi connectivity index (χ1n) is 9.32. The van der Waals surface area contributed by atoms with Gasteiger partial charge in [-0.25, -0.2) is 0 Å². The number of hydrogen-bond acceptors (Lipinski definition) is 4. The fraction of sp³-hybridized carbons (Fsp3) is 0.550. The summed E-state index contributed by atoms with van der Waals surface area (Å²) in [4.78, 5) is 4.60. The van der Waals surface area contributed by atoms with E-state index in [1.807, 2.05) is 18.2 Å². The van der Waals surface area contributed by atoms with Gasteiger partial charge in [-0.05, 0) is 24.5 Å². The molecule has 0 aromatic heterocycles. The van der Waals surface area contributed by atoms with Crippen LogP contribution in [0.15, 0.2) is 35.8 Å². The molecule has 0 amide bonds. The maximum absolute atomic E-state index is 5.74. The van der Waals surface area contributed by atoms with Crippen LogP contribution in [0.3, 0.4) is 0 Å². The van der Waals surface area contributed by atoms with Crippen molar-refractivity contribution in [2.45, 2.75) is 26.7 Å². The van der Waals surface area contributed by atoms with Crippen LogP contribution in [0.5, 0.6) is 11.5 Å². The molecule has 1 heterocycles. The Morgan fingerprint density at radius 3 is 2.88 bits per heavy atom. The normalized spacial score (nSPS) is 14.0. The molecule has 0 saturated heterocycles. The molecule has 0 saturated carbocycles. The van der Waals surface area contributed by atoms with Gasteiger partial charge in [0, 0.05) is 44.5 Å². The van der Waals surface area contributed by atoms with Crippen molar-refractivity contribution in [3.05, 3.63) is 30.9 Å². The maximum Gasteiger partial charge on any atom is 0.196 e. The molecular formula is C20H31N3O3. The first-order chi connectivity index (χ1) is 12.7. The molecule has 0 fully saturated rings. The third-order valence-corrected chi connectivity index (χ3v) is 3.59. The number of aliphatic imine (C=N–C) groups is 1. The van der Waals surface area contributed by atoms with Gasteiger partial charge in [-0.1, -0.05) is 19.9 Å². The van der Waals surface area contributed by atoms with Crippen molar-refractivity contribution < 1.29 is 14.2 Å². The molecule has 0 bridgehead atoms. The van der Waals surface area contributed by atoms with Crippen LogP contribution in [-0.4, -0.2) is 45.5 Å². The summed E-state index contributed by atoms with van der Waals surface area (Å²) in [7, 11) is 0. The lowest BCUT2D eigenvalue weighted by atomic mass is 10.2. The Hall–Kier alpha value is -2.21. The van der Waals surface area contributed by atoms with E-state index in [0.29, 0.717) is 38.2 Å². The van der Waals surface area contributed by atoms with Gasteiger partial charge in [0.25, 0.3) is 0 Å². The van der Waals surface area contributed by atoms with Gasteiger partial charge in [-0.15, -0.1) is 6.58 Å². The quantitative estimate of drug-likeness (QED) is 0.305. The average Bonchev–Trinajstić information content (AvgIpc) is 2.87. The van der Waals surface area contributed by atoms with Crippen LogP contribution >= 0.6 is 0 Å². The van der Waals surface area contributed by atoms with E-state index in [9.17, 15) is 0 Å². The van der Waals surface area contributed by atoms with Crippen molar-refractivity contribution in [1.82, 2.24) is 5.32 Å². The van der Waals surface area contributed by atoms with Crippen LogP contribution in [0.2, 0.25) is 0 Å². The van der Waals surface area contributed by atoms with Gasteiger partial charge >= 0.3 is 0 Å². The average molecular weight is 361 g/mol. The zero-order valence-corrected chi connectivity index (χ0v) is 15.9. The summed E-state index contributed by atoms with van der Waals surface area (Å²) in [6.07, 6.45) is 3.58. The first kappa shape index (κ1) is 20.1. The molecule has 0 unspecified atom stereocenters. The lowest BCUT2D eigenvalue weighted by Gasteiger charge is -2.14. The van der Waals surface area contributed by atoms with Crippen LogP contribution in [0.25, 0.3) is 0 Å². The van der Waals surface area contributed by atoms with Gasteiger partial charge in [0.05, 0.1) is 13.2 Å². The Bertz CT molecular complexity index is 588. The molecule has 2 rings (SSSR count). The van der Waals surface area contributed by atoms with E-state index in [4.69, 9.17) is 14.2 Å². The van der Waals surface area contributed by atoms with Gasteiger partial charge in [0.15, 0.2) is 17.5 Å². The Morgan fingerprint density at radius 2 is 2.12 bits per heavy atom. The Labute approximate surface area is 156 Å². The third kappa shape index (κ3) is 7.35. The highest BCUT2D eigenvalue weighted by molar-refractivity contribution is 5.94. The molecule has 2 N–H and O–H groups in total. The van der Waals surface area contributed by atoms with Crippen LogP contribution in [0.4, 0.5) is 5.69 Å². The Balaban J connectivity index is 1.90. The van der Waals surface area contributed by atoms with Crippen molar-refractivity contribution in [3.63, 3.8) is 0 Å². The maximum atomic E-state index is 5.74. The lowest BCUT2D eigenvalue weighted by Crippen LogP contribution is -2.31. The van der Waals surface area contributed by atoms with E-state index in [1.54, 1.807) is 6.08 Å². The highest BCUT2D eigenvalue weighted by Gasteiger charge is 2.11. The zero-order valence-electron chi connectivity index (χ0n) is 15.9. The molecule has 6 nitrogen and oxygen atoms in total. The predicted octanol–water partition coefficient (Wildman–Crippen LogP) is 3.45. The largest absolute Gasteiger partial charge is 0.490 e. The number of hydrogen-bond donors (Lipinski definition) is 2. The molecule has 144 valence electrons. The lowest BCUT2D eigenvalue weighted by molar-refractivity contribution is 0.109. The van der Waals surface area contributed by atoms with Crippen molar-refractivity contribution >= 4 is 11.6 Å². The number of fused-ring (bicyclic) bond motifs is 1. The minimum Gasteiger partial charge on any atom is -0.490 e. The van der Waals surface area contributed by atoms with E-state index >= 15 is 0 Å². The van der Waals surface area contributed by atoms with Crippen molar-refractivity contribution in [3.8, 4) is 11.5 Å². The number of nitrogens with one attached hydrogen (secondary N) is 2. The molecule has 1 aromatic rings. The van der Waals surface area contributed by atoms with Gasteiger partial charge in [-0.2, -0.15) is 0 Å². The molecular weight excluding hydrogens is 330 g/mol. The van der Waals surface area contributed by atoms with E-state index in [2.05, 4.69) is 36.1 Å². The fourth-order valence-corrected chi connectivity index (χ4v) is 2.36. The highest BCUT2D eigenvalue weighted by Crippen LogP contribution is 2.32. The van der Waals surface area contributed by atoms with Crippen LogP contribution in [-0.2, 0) is 4.74 Å². The predicted molar refractivity (Wildman–Crippen MR) is 106 cm³/mol. The molecule has 0 aliphatic carbocycles.